The van der Waals surface area contributed by atoms with Crippen LogP contribution in [0.1, 0.15) is 32.6 Å². The molecule has 0 amide bonds. The number of aliphatic hydroxyl groups is 1. The monoisotopic (exact) mass is 241 g/mol. The van der Waals surface area contributed by atoms with Crippen LogP contribution in [0, 0.1) is 0 Å². The third-order valence-electron chi connectivity index (χ3n) is 3.17. The fourth-order valence-electron chi connectivity index (χ4n) is 2.29. The first-order chi connectivity index (χ1) is 8.19. The molecule has 0 aromatic heterocycles. The van der Waals surface area contributed by atoms with Crippen LogP contribution in [-0.2, 0) is 9.53 Å². The van der Waals surface area contributed by atoms with Gasteiger partial charge in [-0.25, -0.2) is 4.79 Å². The Morgan fingerprint density at radius 2 is 2.29 bits per heavy atom. The van der Waals surface area contributed by atoms with Crippen LogP contribution in [0.25, 0.3) is 0 Å². The second-order valence-electron chi connectivity index (χ2n) is 4.46. The summed E-state index contributed by atoms with van der Waals surface area (Å²) in [4.78, 5) is 13.7. The van der Waals surface area contributed by atoms with Crippen molar-refractivity contribution >= 4 is 5.97 Å². The van der Waals surface area contributed by atoms with E-state index in [0.717, 1.165) is 25.8 Å². The van der Waals surface area contributed by atoms with Gasteiger partial charge >= 0.3 is 5.97 Å². The van der Waals surface area contributed by atoms with Crippen molar-refractivity contribution in [3.05, 3.63) is 12.2 Å². The molecule has 1 aliphatic rings. The van der Waals surface area contributed by atoms with Crippen LogP contribution >= 0.6 is 0 Å². The molecule has 98 valence electrons. The van der Waals surface area contributed by atoms with Crippen molar-refractivity contribution in [2.75, 3.05) is 26.3 Å². The van der Waals surface area contributed by atoms with Crippen LogP contribution < -0.4 is 0 Å². The molecule has 17 heavy (non-hydrogen) atoms. The first kappa shape index (κ1) is 14.2. The minimum Gasteiger partial charge on any atom is -0.463 e. The normalized spacial score (nSPS) is 21.2. The molecule has 0 radical (unpaired) electrons. The van der Waals surface area contributed by atoms with Crippen LogP contribution in [0.5, 0.6) is 0 Å². The SMILES string of the molecule is C=C(CN1CCCCC1CCO)C(=O)OCC. The average Bonchev–Trinajstić information content (AvgIpc) is 2.32. The van der Waals surface area contributed by atoms with Crippen molar-refractivity contribution in [1.82, 2.24) is 4.90 Å². The molecule has 1 unspecified atom stereocenters. The number of rotatable bonds is 6. The molecule has 0 aromatic rings. The molecule has 1 N–H and O–H groups in total. The minimum absolute atomic E-state index is 0.201. The summed E-state index contributed by atoms with van der Waals surface area (Å²) < 4.78 is 4.93. The summed E-state index contributed by atoms with van der Waals surface area (Å²) >= 11 is 0. The quantitative estimate of drug-likeness (QED) is 0.563. The Kier molecular flexibility index (Phi) is 6.22. The van der Waals surface area contributed by atoms with Crippen LogP contribution in [0.2, 0.25) is 0 Å². The molecule has 0 aromatic carbocycles. The molecule has 0 spiro atoms. The number of aliphatic hydroxyl groups excluding tert-OH is 1. The largest absolute Gasteiger partial charge is 0.463 e. The number of esters is 1. The van der Waals surface area contributed by atoms with E-state index in [2.05, 4.69) is 11.5 Å². The second-order valence-corrected chi connectivity index (χ2v) is 4.46. The van der Waals surface area contributed by atoms with E-state index in [1.54, 1.807) is 6.92 Å². The lowest BCUT2D eigenvalue weighted by Crippen LogP contribution is -2.41. The summed E-state index contributed by atoms with van der Waals surface area (Å²) in [7, 11) is 0. The fraction of sp³-hybridized carbons (Fsp3) is 0.769. The lowest BCUT2D eigenvalue weighted by Gasteiger charge is -2.35. The summed E-state index contributed by atoms with van der Waals surface area (Å²) in [6.45, 7) is 7.70. The van der Waals surface area contributed by atoms with Crippen molar-refractivity contribution in [1.29, 1.82) is 0 Å². The zero-order valence-corrected chi connectivity index (χ0v) is 10.7. The third kappa shape index (κ3) is 4.48. The second kappa shape index (κ2) is 7.45. The molecule has 4 heteroatoms. The lowest BCUT2D eigenvalue weighted by molar-refractivity contribution is -0.138. The summed E-state index contributed by atoms with van der Waals surface area (Å²) in [5.41, 5.74) is 0.511. The maximum Gasteiger partial charge on any atom is 0.334 e. The standard InChI is InChI=1S/C13H23NO3/c1-3-17-13(16)11(2)10-14-8-5-4-6-12(14)7-9-15/h12,15H,2-10H2,1H3. The average molecular weight is 241 g/mol. The smallest absolute Gasteiger partial charge is 0.334 e. The van der Waals surface area contributed by atoms with Crippen LogP contribution in [0.15, 0.2) is 12.2 Å². The van der Waals surface area contributed by atoms with Crippen molar-refractivity contribution < 1.29 is 14.6 Å². The Morgan fingerprint density at radius 1 is 1.53 bits per heavy atom. The minimum atomic E-state index is -0.305. The fourth-order valence-corrected chi connectivity index (χ4v) is 2.29. The molecule has 4 nitrogen and oxygen atoms in total. The summed E-state index contributed by atoms with van der Waals surface area (Å²) in [6.07, 6.45) is 4.22. The van der Waals surface area contributed by atoms with Gasteiger partial charge in [0.1, 0.15) is 0 Å². The van der Waals surface area contributed by atoms with Crippen LogP contribution in [0.3, 0.4) is 0 Å². The highest BCUT2D eigenvalue weighted by Gasteiger charge is 2.23. The maximum atomic E-state index is 11.5. The van der Waals surface area contributed by atoms with Gasteiger partial charge in [-0.15, -0.1) is 0 Å². The van der Waals surface area contributed by atoms with E-state index >= 15 is 0 Å². The zero-order chi connectivity index (χ0) is 12.7. The van der Waals surface area contributed by atoms with Gasteiger partial charge in [-0.1, -0.05) is 13.0 Å². The predicted molar refractivity (Wildman–Crippen MR) is 66.7 cm³/mol. The highest BCUT2D eigenvalue weighted by Crippen LogP contribution is 2.20. The van der Waals surface area contributed by atoms with Gasteiger partial charge < -0.3 is 9.84 Å². The Labute approximate surface area is 103 Å². The Morgan fingerprint density at radius 3 is 2.94 bits per heavy atom. The number of hydrogen-bond donors (Lipinski definition) is 1. The lowest BCUT2D eigenvalue weighted by atomic mass is 9.99. The van der Waals surface area contributed by atoms with Gasteiger partial charge in [0.15, 0.2) is 0 Å². The van der Waals surface area contributed by atoms with E-state index in [-0.39, 0.29) is 12.6 Å². The molecule has 0 bridgehead atoms. The highest BCUT2D eigenvalue weighted by atomic mass is 16.5. The van der Waals surface area contributed by atoms with Gasteiger partial charge in [0.2, 0.25) is 0 Å². The van der Waals surface area contributed by atoms with Gasteiger partial charge in [0, 0.05) is 24.8 Å². The number of carbonyl (C=O) groups is 1. The van der Waals surface area contributed by atoms with E-state index in [1.165, 1.54) is 6.42 Å². The number of hydrogen-bond acceptors (Lipinski definition) is 4. The Bertz CT molecular complexity index is 263. The Hall–Kier alpha value is -0.870. The van der Waals surface area contributed by atoms with Crippen LogP contribution in [0.4, 0.5) is 0 Å². The summed E-state index contributed by atoms with van der Waals surface area (Å²) in [6, 6.07) is 0.375. The number of ether oxygens (including phenoxy) is 1. The van der Waals surface area contributed by atoms with E-state index in [1.807, 2.05) is 0 Å². The van der Waals surface area contributed by atoms with E-state index in [0.29, 0.717) is 24.8 Å². The molecule has 1 heterocycles. The summed E-state index contributed by atoms with van der Waals surface area (Å²) in [5, 5.41) is 9.02. The first-order valence-electron chi connectivity index (χ1n) is 6.38. The number of likely N-dealkylation sites (tertiary alicyclic amines) is 1. The number of piperidine rings is 1. The molecular formula is C13H23NO3. The maximum absolute atomic E-state index is 11.5. The van der Waals surface area contributed by atoms with Gasteiger partial charge in [0.05, 0.1) is 6.61 Å². The van der Waals surface area contributed by atoms with Gasteiger partial charge in [-0.05, 0) is 32.7 Å². The topological polar surface area (TPSA) is 49.8 Å². The van der Waals surface area contributed by atoms with Gasteiger partial charge in [0.25, 0.3) is 0 Å². The van der Waals surface area contributed by atoms with E-state index in [4.69, 9.17) is 9.84 Å². The molecule has 1 atom stereocenters. The first-order valence-corrected chi connectivity index (χ1v) is 6.38. The molecule has 1 fully saturated rings. The number of carbonyl (C=O) groups excluding carboxylic acids is 1. The van der Waals surface area contributed by atoms with Gasteiger partial charge in [-0.3, -0.25) is 4.90 Å². The zero-order valence-electron chi connectivity index (χ0n) is 10.7. The van der Waals surface area contributed by atoms with Gasteiger partial charge in [-0.2, -0.15) is 0 Å². The van der Waals surface area contributed by atoms with Crippen molar-refractivity contribution in [3.8, 4) is 0 Å². The molecular weight excluding hydrogens is 218 g/mol. The highest BCUT2D eigenvalue weighted by molar-refractivity contribution is 5.88. The third-order valence-corrected chi connectivity index (χ3v) is 3.17. The molecule has 1 aliphatic heterocycles. The Balaban J connectivity index is 2.46. The molecule has 0 aliphatic carbocycles. The number of nitrogens with zero attached hydrogens (tertiary/aromatic N) is 1. The van der Waals surface area contributed by atoms with E-state index < -0.39 is 0 Å². The molecule has 0 saturated carbocycles. The van der Waals surface area contributed by atoms with E-state index in [9.17, 15) is 4.79 Å². The predicted octanol–water partition coefficient (Wildman–Crippen LogP) is 1.34. The summed E-state index contributed by atoms with van der Waals surface area (Å²) in [5.74, 6) is -0.305. The van der Waals surface area contributed by atoms with Crippen LogP contribution in [-0.4, -0.2) is 48.3 Å². The van der Waals surface area contributed by atoms with Crippen molar-refractivity contribution in [3.63, 3.8) is 0 Å². The molecule has 1 rings (SSSR count). The van der Waals surface area contributed by atoms with Crippen molar-refractivity contribution in [2.45, 2.75) is 38.6 Å². The van der Waals surface area contributed by atoms with Crippen molar-refractivity contribution in [2.24, 2.45) is 0 Å². The molecule has 1 saturated heterocycles.